The molecular weight excluding hydrogens is 281 g/mol. The Morgan fingerprint density at radius 1 is 1.10 bits per heavy atom. The normalized spacial score (nSPS) is 10.5. The van der Waals surface area contributed by atoms with E-state index in [1.807, 2.05) is 36.4 Å². The lowest BCUT2D eigenvalue weighted by Crippen LogP contribution is -1.98. The number of fused-ring (bicyclic) bond motifs is 1. The fourth-order valence-corrected chi connectivity index (χ4v) is 2.52. The first-order chi connectivity index (χ1) is 10.3. The molecule has 3 rings (SSSR count). The molecule has 21 heavy (non-hydrogen) atoms. The maximum Gasteiger partial charge on any atom is 0.127 e. The van der Waals surface area contributed by atoms with Crippen LogP contribution in [0.3, 0.4) is 0 Å². The van der Waals surface area contributed by atoms with Gasteiger partial charge in [0.05, 0.1) is 0 Å². The van der Waals surface area contributed by atoms with E-state index in [1.54, 1.807) is 6.20 Å². The van der Waals surface area contributed by atoms with E-state index < -0.39 is 0 Å². The Bertz CT molecular complexity index is 776. The van der Waals surface area contributed by atoms with Gasteiger partial charge >= 0.3 is 0 Å². The van der Waals surface area contributed by atoms with E-state index in [9.17, 15) is 0 Å². The maximum absolute atomic E-state index is 5.94. The molecule has 5 heteroatoms. The molecule has 4 nitrogen and oxygen atoms in total. The first-order valence-corrected chi connectivity index (χ1v) is 7.17. The molecule has 0 fully saturated rings. The van der Waals surface area contributed by atoms with Crippen molar-refractivity contribution in [2.24, 2.45) is 0 Å². The van der Waals surface area contributed by atoms with Gasteiger partial charge in [0.2, 0.25) is 0 Å². The zero-order valence-corrected chi connectivity index (χ0v) is 12.6. The summed E-state index contributed by atoms with van der Waals surface area (Å²) in [6.07, 6.45) is 1.69. The Hall–Kier alpha value is -2.32. The number of pyridine rings is 1. The van der Waals surface area contributed by atoms with E-state index in [0.717, 1.165) is 27.8 Å². The molecule has 0 saturated heterocycles. The lowest BCUT2D eigenvalue weighted by Gasteiger charge is -2.12. The van der Waals surface area contributed by atoms with Gasteiger partial charge in [0.25, 0.3) is 0 Å². The molecule has 0 amide bonds. The van der Waals surface area contributed by atoms with Crippen LogP contribution in [-0.2, 0) is 6.61 Å². The minimum Gasteiger partial charge on any atom is -0.488 e. The van der Waals surface area contributed by atoms with Crippen LogP contribution < -0.4 is 15.6 Å². The monoisotopic (exact) mass is 297 g/mol. The molecule has 0 radical (unpaired) electrons. The van der Waals surface area contributed by atoms with Gasteiger partial charge in [-0.25, -0.2) is 4.98 Å². The van der Waals surface area contributed by atoms with E-state index in [1.165, 1.54) is 0 Å². The summed E-state index contributed by atoms with van der Waals surface area (Å²) in [5.74, 6) is 1.36. The number of nitrogens with one attached hydrogen (secondary N) is 1. The van der Waals surface area contributed by atoms with Crippen molar-refractivity contribution >= 4 is 31.7 Å². The first kappa shape index (κ1) is 13.7. The summed E-state index contributed by atoms with van der Waals surface area (Å²) < 4.78 is 5.94. The zero-order valence-electron chi connectivity index (χ0n) is 11.4. The number of hydrogen-bond acceptors (Lipinski definition) is 4. The van der Waals surface area contributed by atoms with Gasteiger partial charge in [-0.1, -0.05) is 24.3 Å². The summed E-state index contributed by atoms with van der Waals surface area (Å²) >= 11 is 0. The largest absolute Gasteiger partial charge is 0.488 e. The minimum absolute atomic E-state index is 0.463. The van der Waals surface area contributed by atoms with Crippen molar-refractivity contribution in [2.45, 2.75) is 6.61 Å². The molecule has 3 aromatic rings. The summed E-state index contributed by atoms with van der Waals surface area (Å²) in [5, 5.41) is 5.31. The smallest absolute Gasteiger partial charge is 0.127 e. The van der Waals surface area contributed by atoms with E-state index in [2.05, 4.69) is 31.6 Å². The topological polar surface area (TPSA) is 60.2 Å². The number of anilines is 2. The van der Waals surface area contributed by atoms with Crippen LogP contribution >= 0.6 is 9.39 Å². The fraction of sp³-hybridized carbons (Fsp3) is 0.0625. The summed E-state index contributed by atoms with van der Waals surface area (Å²) in [5.41, 5.74) is 7.73. The van der Waals surface area contributed by atoms with Crippen LogP contribution in [0.25, 0.3) is 10.8 Å². The second-order valence-corrected chi connectivity index (χ2v) is 4.97. The lowest BCUT2D eigenvalue weighted by atomic mass is 10.1. The Balaban J connectivity index is 1.91. The predicted molar refractivity (Wildman–Crippen MR) is 90.3 cm³/mol. The molecule has 0 aliphatic carbocycles. The summed E-state index contributed by atoms with van der Waals surface area (Å²) in [6, 6.07) is 15.8. The lowest BCUT2D eigenvalue weighted by molar-refractivity contribution is 0.310. The van der Waals surface area contributed by atoms with Crippen molar-refractivity contribution in [1.82, 2.24) is 4.98 Å². The third kappa shape index (κ3) is 2.91. The quantitative estimate of drug-likeness (QED) is 0.722. The molecule has 0 spiro atoms. The molecule has 106 valence electrons. The van der Waals surface area contributed by atoms with Crippen LogP contribution in [0.4, 0.5) is 11.5 Å². The number of ether oxygens (including phenoxy) is 1. The third-order valence-electron chi connectivity index (χ3n) is 3.28. The molecule has 1 heterocycles. The number of benzene rings is 2. The summed E-state index contributed by atoms with van der Waals surface area (Å²) in [6.45, 7) is 0.463. The Morgan fingerprint density at radius 2 is 1.90 bits per heavy atom. The van der Waals surface area contributed by atoms with Crippen molar-refractivity contribution in [3.63, 3.8) is 0 Å². The molecule has 2 aromatic carbocycles. The van der Waals surface area contributed by atoms with Gasteiger partial charge in [-0.2, -0.15) is 0 Å². The van der Waals surface area contributed by atoms with Crippen LogP contribution in [0.2, 0.25) is 0 Å². The molecule has 1 atom stereocenters. The second kappa shape index (κ2) is 5.98. The fourth-order valence-electron chi connectivity index (χ4n) is 2.27. The van der Waals surface area contributed by atoms with Gasteiger partial charge in [-0.15, -0.1) is 0 Å². The van der Waals surface area contributed by atoms with Crippen LogP contribution in [-0.4, -0.2) is 4.98 Å². The molecule has 0 aliphatic heterocycles. The summed E-state index contributed by atoms with van der Waals surface area (Å²) in [7, 11) is 2.52. The van der Waals surface area contributed by atoms with E-state index >= 15 is 0 Å². The highest BCUT2D eigenvalue weighted by Gasteiger charge is 2.06. The number of nitrogens with two attached hydrogens (primary N) is 1. The first-order valence-electron chi connectivity index (χ1n) is 6.59. The van der Waals surface area contributed by atoms with Gasteiger partial charge in [0.1, 0.15) is 18.2 Å². The molecule has 3 N–H and O–H groups in total. The Labute approximate surface area is 125 Å². The van der Waals surface area contributed by atoms with Gasteiger partial charge in [-0.05, 0) is 39.2 Å². The van der Waals surface area contributed by atoms with Crippen LogP contribution in [0, 0.1) is 0 Å². The third-order valence-corrected chi connectivity index (χ3v) is 3.59. The SMILES string of the molecule is Nc1cc(COc2ccc(NP)c3ccccc23)ccn1. The number of aromatic nitrogens is 1. The van der Waals surface area contributed by atoms with Gasteiger partial charge in [0.15, 0.2) is 0 Å². The number of nitrogens with zero attached hydrogens (tertiary/aromatic N) is 1. The molecule has 0 aliphatic rings. The number of nitrogen functional groups attached to an aromatic ring is 1. The van der Waals surface area contributed by atoms with Crippen molar-refractivity contribution in [1.29, 1.82) is 0 Å². The van der Waals surface area contributed by atoms with Gasteiger partial charge in [0, 0.05) is 22.7 Å². The highest BCUT2D eigenvalue weighted by molar-refractivity contribution is 7.18. The van der Waals surface area contributed by atoms with Crippen LogP contribution in [0.5, 0.6) is 5.75 Å². The second-order valence-electron chi connectivity index (χ2n) is 4.68. The van der Waals surface area contributed by atoms with Gasteiger partial charge < -0.3 is 15.6 Å². The van der Waals surface area contributed by atoms with Crippen molar-refractivity contribution < 1.29 is 4.74 Å². The Kier molecular flexibility index (Phi) is 3.89. The zero-order chi connectivity index (χ0) is 14.7. The number of hydrogen-bond donors (Lipinski definition) is 2. The average Bonchev–Trinajstić information content (AvgIpc) is 2.52. The highest BCUT2D eigenvalue weighted by Crippen LogP contribution is 2.32. The maximum atomic E-state index is 5.94. The van der Waals surface area contributed by atoms with E-state index in [-0.39, 0.29) is 0 Å². The Morgan fingerprint density at radius 3 is 2.67 bits per heavy atom. The average molecular weight is 297 g/mol. The van der Waals surface area contributed by atoms with Crippen LogP contribution in [0.1, 0.15) is 5.56 Å². The van der Waals surface area contributed by atoms with Crippen molar-refractivity contribution in [2.75, 3.05) is 10.8 Å². The molecule has 1 aromatic heterocycles. The molecule has 1 unspecified atom stereocenters. The number of rotatable bonds is 4. The van der Waals surface area contributed by atoms with E-state index in [0.29, 0.717) is 12.4 Å². The molecule has 0 saturated carbocycles. The highest BCUT2D eigenvalue weighted by atomic mass is 31.0. The van der Waals surface area contributed by atoms with Crippen molar-refractivity contribution in [3.05, 3.63) is 60.3 Å². The standard InChI is InChI=1S/C16H16N3OP/c17-16-9-11(7-8-18-16)10-20-15-6-5-14(19-21)12-3-1-2-4-13(12)15/h1-9,19H,10,21H2,(H2,17,18). The minimum atomic E-state index is 0.463. The van der Waals surface area contributed by atoms with Crippen LogP contribution in [0.15, 0.2) is 54.7 Å². The molecular formula is C16H16N3OP. The van der Waals surface area contributed by atoms with Gasteiger partial charge in [-0.3, -0.25) is 0 Å². The summed E-state index contributed by atoms with van der Waals surface area (Å²) in [4.78, 5) is 3.98. The predicted octanol–water partition coefficient (Wildman–Crippen LogP) is 3.60. The molecule has 0 bridgehead atoms. The van der Waals surface area contributed by atoms with E-state index in [4.69, 9.17) is 10.5 Å². The van der Waals surface area contributed by atoms with Crippen molar-refractivity contribution in [3.8, 4) is 5.75 Å².